The number of carbonyl (C=O) groups is 1. The predicted molar refractivity (Wildman–Crippen MR) is 105 cm³/mol. The van der Waals surface area contributed by atoms with Crippen LogP contribution in [0.1, 0.15) is 15.9 Å². The van der Waals surface area contributed by atoms with Crippen LogP contribution in [0, 0.1) is 11.6 Å². The number of anilines is 2. The average Bonchev–Trinajstić information content (AvgIpc) is 3.31. The third-order valence-electron chi connectivity index (χ3n) is 4.16. The number of hydrogen-bond donors (Lipinski definition) is 3. The van der Waals surface area contributed by atoms with E-state index in [0.717, 1.165) is 41.5 Å². The van der Waals surface area contributed by atoms with Gasteiger partial charge in [0.25, 0.3) is 5.91 Å². The van der Waals surface area contributed by atoms with Crippen LogP contribution in [-0.4, -0.2) is 27.6 Å². The van der Waals surface area contributed by atoms with Gasteiger partial charge in [-0.25, -0.2) is 8.78 Å². The van der Waals surface area contributed by atoms with Crippen molar-refractivity contribution in [3.63, 3.8) is 0 Å². The van der Waals surface area contributed by atoms with Crippen LogP contribution in [0.3, 0.4) is 0 Å². The monoisotopic (exact) mass is 399 g/mol. The van der Waals surface area contributed by atoms with E-state index in [1.165, 1.54) is 10.9 Å². The van der Waals surface area contributed by atoms with Crippen molar-refractivity contribution in [2.45, 2.75) is 6.42 Å². The number of nitrogens with zero attached hydrogens (tertiary/aromatic N) is 2. The van der Waals surface area contributed by atoms with Crippen LogP contribution in [0.15, 0.2) is 48.7 Å². The normalized spacial score (nSPS) is 10.9. The smallest absolute Gasteiger partial charge is 0.260 e. The standard InChI is InChI=1S/C19H15F2N5OS/c20-12-5-6-15(21)14(9-12)17(27)24-19-26-25-18(28-19)22-8-7-11-10-23-16-4-2-1-3-13(11)16/h1-6,9-10,23H,7-8H2,(H,22,25)(H,24,26,27). The van der Waals surface area contributed by atoms with Crippen LogP contribution < -0.4 is 10.6 Å². The fraction of sp³-hybridized carbons (Fsp3) is 0.105. The van der Waals surface area contributed by atoms with Crippen LogP contribution >= 0.6 is 11.3 Å². The molecule has 28 heavy (non-hydrogen) atoms. The van der Waals surface area contributed by atoms with Crippen molar-refractivity contribution in [3.05, 3.63) is 71.4 Å². The Morgan fingerprint density at radius 1 is 1.11 bits per heavy atom. The minimum atomic E-state index is -0.805. The zero-order valence-corrected chi connectivity index (χ0v) is 15.3. The second-order valence-electron chi connectivity index (χ2n) is 6.03. The van der Waals surface area contributed by atoms with E-state index in [4.69, 9.17) is 0 Å². The maximum absolute atomic E-state index is 13.7. The molecule has 4 aromatic rings. The number of aromatic nitrogens is 3. The van der Waals surface area contributed by atoms with E-state index in [-0.39, 0.29) is 10.7 Å². The quantitative estimate of drug-likeness (QED) is 0.454. The first-order valence-electron chi connectivity index (χ1n) is 8.49. The Morgan fingerprint density at radius 3 is 2.82 bits per heavy atom. The van der Waals surface area contributed by atoms with Crippen molar-refractivity contribution in [1.29, 1.82) is 0 Å². The number of hydrogen-bond acceptors (Lipinski definition) is 5. The Bertz CT molecular complexity index is 1140. The van der Waals surface area contributed by atoms with E-state index in [1.807, 2.05) is 24.4 Å². The zero-order chi connectivity index (χ0) is 19.5. The lowest BCUT2D eigenvalue weighted by Crippen LogP contribution is -2.14. The van der Waals surface area contributed by atoms with Gasteiger partial charge in [0, 0.05) is 23.6 Å². The molecule has 2 heterocycles. The molecule has 0 spiro atoms. The lowest BCUT2D eigenvalue weighted by Gasteiger charge is -2.03. The molecule has 9 heteroatoms. The highest BCUT2D eigenvalue weighted by molar-refractivity contribution is 7.19. The summed E-state index contributed by atoms with van der Waals surface area (Å²) in [5.41, 5.74) is 1.88. The maximum atomic E-state index is 13.7. The third kappa shape index (κ3) is 3.84. The van der Waals surface area contributed by atoms with Crippen molar-refractivity contribution in [2.24, 2.45) is 0 Å². The Morgan fingerprint density at radius 2 is 1.93 bits per heavy atom. The molecule has 0 bridgehead atoms. The summed E-state index contributed by atoms with van der Waals surface area (Å²) < 4.78 is 26.9. The molecule has 0 saturated carbocycles. The highest BCUT2D eigenvalue weighted by Gasteiger charge is 2.15. The number of carbonyl (C=O) groups excluding carboxylic acids is 1. The van der Waals surface area contributed by atoms with Crippen LogP contribution in [0.2, 0.25) is 0 Å². The highest BCUT2D eigenvalue weighted by Crippen LogP contribution is 2.22. The average molecular weight is 399 g/mol. The number of benzene rings is 2. The molecule has 142 valence electrons. The first-order chi connectivity index (χ1) is 13.6. The molecular weight excluding hydrogens is 384 g/mol. The number of H-pyrrole nitrogens is 1. The molecule has 6 nitrogen and oxygen atoms in total. The van der Waals surface area contributed by atoms with Gasteiger partial charge in [0.1, 0.15) is 11.6 Å². The molecular formula is C19H15F2N5OS. The van der Waals surface area contributed by atoms with Gasteiger partial charge in [-0.05, 0) is 36.2 Å². The molecule has 0 radical (unpaired) electrons. The van der Waals surface area contributed by atoms with Gasteiger partial charge in [0.2, 0.25) is 10.3 Å². The van der Waals surface area contributed by atoms with Crippen LogP contribution in [0.25, 0.3) is 10.9 Å². The summed E-state index contributed by atoms with van der Waals surface area (Å²) >= 11 is 1.12. The molecule has 4 rings (SSSR count). The molecule has 3 N–H and O–H groups in total. The highest BCUT2D eigenvalue weighted by atomic mass is 32.1. The zero-order valence-electron chi connectivity index (χ0n) is 14.5. The SMILES string of the molecule is O=C(Nc1nnc(NCCc2c[nH]c3ccccc23)s1)c1cc(F)ccc1F. The number of amides is 1. The summed E-state index contributed by atoms with van der Waals surface area (Å²) in [6, 6.07) is 10.8. The summed E-state index contributed by atoms with van der Waals surface area (Å²) in [7, 11) is 0. The van der Waals surface area contributed by atoms with Crippen molar-refractivity contribution in [3.8, 4) is 0 Å². The molecule has 0 fully saturated rings. The van der Waals surface area contributed by atoms with Gasteiger partial charge in [-0.15, -0.1) is 10.2 Å². The topological polar surface area (TPSA) is 82.7 Å². The predicted octanol–water partition coefficient (Wildman–Crippen LogP) is 4.20. The van der Waals surface area contributed by atoms with Crippen LogP contribution in [-0.2, 0) is 6.42 Å². The van der Waals surface area contributed by atoms with Gasteiger partial charge < -0.3 is 10.3 Å². The largest absolute Gasteiger partial charge is 0.361 e. The van der Waals surface area contributed by atoms with E-state index >= 15 is 0 Å². The van der Waals surface area contributed by atoms with Gasteiger partial charge in [-0.2, -0.15) is 0 Å². The Hall–Kier alpha value is -3.33. The lowest BCUT2D eigenvalue weighted by molar-refractivity contribution is 0.102. The number of rotatable bonds is 6. The number of para-hydroxylation sites is 1. The Balaban J connectivity index is 1.35. The van der Waals surface area contributed by atoms with Crippen molar-refractivity contribution in [1.82, 2.24) is 15.2 Å². The molecule has 0 unspecified atom stereocenters. The van der Waals surface area contributed by atoms with E-state index in [9.17, 15) is 13.6 Å². The molecule has 0 atom stereocenters. The summed E-state index contributed by atoms with van der Waals surface area (Å²) in [6.07, 6.45) is 2.76. The summed E-state index contributed by atoms with van der Waals surface area (Å²) in [5, 5.41) is 15.3. The van der Waals surface area contributed by atoms with E-state index < -0.39 is 17.5 Å². The first-order valence-corrected chi connectivity index (χ1v) is 9.30. The number of aromatic amines is 1. The molecule has 0 aliphatic heterocycles. The Kier molecular flexibility index (Phi) is 4.98. The molecule has 0 aliphatic carbocycles. The summed E-state index contributed by atoms with van der Waals surface area (Å²) in [4.78, 5) is 15.3. The minimum absolute atomic E-state index is 0.197. The van der Waals surface area contributed by atoms with Crippen molar-refractivity contribution in [2.75, 3.05) is 17.2 Å². The molecule has 2 aromatic carbocycles. The molecule has 0 aliphatic rings. The van der Waals surface area contributed by atoms with Gasteiger partial charge in [0.15, 0.2) is 0 Å². The van der Waals surface area contributed by atoms with Crippen molar-refractivity contribution >= 4 is 38.4 Å². The third-order valence-corrected chi connectivity index (χ3v) is 4.96. The Labute approximate surface area is 162 Å². The fourth-order valence-electron chi connectivity index (χ4n) is 2.82. The fourth-order valence-corrected chi connectivity index (χ4v) is 3.49. The second kappa shape index (κ2) is 7.73. The molecule has 1 amide bonds. The van der Waals surface area contributed by atoms with E-state index in [0.29, 0.717) is 11.7 Å². The second-order valence-corrected chi connectivity index (χ2v) is 7.00. The van der Waals surface area contributed by atoms with Gasteiger partial charge in [-0.1, -0.05) is 29.5 Å². The summed E-state index contributed by atoms with van der Waals surface area (Å²) in [6.45, 7) is 0.628. The molecule has 2 aromatic heterocycles. The number of fused-ring (bicyclic) bond motifs is 1. The maximum Gasteiger partial charge on any atom is 0.260 e. The van der Waals surface area contributed by atoms with E-state index in [2.05, 4.69) is 31.9 Å². The van der Waals surface area contributed by atoms with Gasteiger partial charge >= 0.3 is 0 Å². The van der Waals surface area contributed by atoms with Gasteiger partial charge in [0.05, 0.1) is 5.56 Å². The van der Waals surface area contributed by atoms with Crippen LogP contribution in [0.5, 0.6) is 0 Å². The van der Waals surface area contributed by atoms with Gasteiger partial charge in [-0.3, -0.25) is 10.1 Å². The number of nitrogens with one attached hydrogen (secondary N) is 3. The number of halogens is 2. The van der Waals surface area contributed by atoms with Crippen molar-refractivity contribution < 1.29 is 13.6 Å². The lowest BCUT2D eigenvalue weighted by atomic mass is 10.1. The van der Waals surface area contributed by atoms with Crippen LogP contribution in [0.4, 0.5) is 19.0 Å². The first kappa shape index (κ1) is 18.1. The minimum Gasteiger partial charge on any atom is -0.361 e. The summed E-state index contributed by atoms with van der Waals surface area (Å²) in [5.74, 6) is -2.28. The molecule has 0 saturated heterocycles. The van der Waals surface area contributed by atoms with E-state index in [1.54, 1.807) is 0 Å².